The summed E-state index contributed by atoms with van der Waals surface area (Å²) in [6.07, 6.45) is 3.43. The summed E-state index contributed by atoms with van der Waals surface area (Å²) in [5, 5.41) is 9.26. The molecule has 0 radical (unpaired) electrons. The molecule has 0 fully saturated rings. The second-order valence-corrected chi connectivity index (χ2v) is 5.61. The minimum absolute atomic E-state index is 0.140. The van der Waals surface area contributed by atoms with Crippen molar-refractivity contribution in [2.24, 2.45) is 14.1 Å². The monoisotopic (exact) mass is 318 g/mol. The van der Waals surface area contributed by atoms with Crippen molar-refractivity contribution in [3.05, 3.63) is 51.5 Å². The van der Waals surface area contributed by atoms with E-state index in [0.717, 1.165) is 5.69 Å². The van der Waals surface area contributed by atoms with Crippen LogP contribution in [0.3, 0.4) is 0 Å². The van der Waals surface area contributed by atoms with Crippen LogP contribution in [0.4, 0.5) is 0 Å². The van der Waals surface area contributed by atoms with E-state index in [1.165, 1.54) is 9.47 Å². The molecule has 124 valence electrons. The van der Waals surface area contributed by atoms with Crippen LogP contribution >= 0.6 is 0 Å². The molecule has 7 nitrogen and oxygen atoms in total. The van der Waals surface area contributed by atoms with Crippen molar-refractivity contribution in [2.75, 3.05) is 13.2 Å². The zero-order valence-corrected chi connectivity index (χ0v) is 13.9. The first-order chi connectivity index (χ1) is 10.9. The molecule has 23 heavy (non-hydrogen) atoms. The van der Waals surface area contributed by atoms with Gasteiger partial charge in [0.1, 0.15) is 11.4 Å². The number of aliphatic hydroxyl groups is 1. The van der Waals surface area contributed by atoms with Crippen molar-refractivity contribution in [2.45, 2.75) is 20.4 Å². The number of aliphatic hydroxyl groups excluding tert-OH is 1. The molecule has 0 atom stereocenters. The third-order valence-corrected chi connectivity index (χ3v) is 3.99. The van der Waals surface area contributed by atoms with E-state index in [2.05, 4.69) is 4.98 Å². The Morgan fingerprint density at radius 1 is 1.35 bits per heavy atom. The predicted molar refractivity (Wildman–Crippen MR) is 86.2 cm³/mol. The van der Waals surface area contributed by atoms with Gasteiger partial charge in [-0.1, -0.05) is 0 Å². The highest BCUT2D eigenvalue weighted by molar-refractivity contribution is 5.95. The van der Waals surface area contributed by atoms with Crippen LogP contribution in [0.5, 0.6) is 0 Å². The largest absolute Gasteiger partial charge is 0.395 e. The molecule has 0 spiro atoms. The Hall–Kier alpha value is -2.41. The van der Waals surface area contributed by atoms with Crippen LogP contribution in [0, 0.1) is 13.8 Å². The maximum atomic E-state index is 12.8. The van der Waals surface area contributed by atoms with Crippen LogP contribution < -0.4 is 5.56 Å². The van der Waals surface area contributed by atoms with Crippen LogP contribution in [0.1, 0.15) is 27.4 Å². The fourth-order valence-electron chi connectivity index (χ4n) is 2.49. The van der Waals surface area contributed by atoms with Gasteiger partial charge >= 0.3 is 0 Å². The molecule has 2 aromatic heterocycles. The molecular formula is C16H22N4O3. The van der Waals surface area contributed by atoms with Gasteiger partial charge in [-0.25, -0.2) is 4.98 Å². The van der Waals surface area contributed by atoms with Crippen LogP contribution in [0.25, 0.3) is 0 Å². The van der Waals surface area contributed by atoms with Crippen LogP contribution in [-0.2, 0) is 20.6 Å². The SMILES string of the molecule is Cc1cc(C)n(C)c(=O)c1C(=O)N(CCO)Cc1nccn1C. The number of pyridine rings is 1. The molecule has 1 N–H and O–H groups in total. The molecule has 0 aliphatic rings. The van der Waals surface area contributed by atoms with Gasteiger partial charge in [-0.05, 0) is 25.5 Å². The molecule has 0 aliphatic heterocycles. The van der Waals surface area contributed by atoms with Crippen molar-refractivity contribution < 1.29 is 9.90 Å². The van der Waals surface area contributed by atoms with Crippen LogP contribution in [-0.4, -0.2) is 43.2 Å². The van der Waals surface area contributed by atoms with Crippen LogP contribution in [0.2, 0.25) is 0 Å². The molecule has 0 aromatic carbocycles. The Kier molecular flexibility index (Phi) is 5.00. The summed E-state index contributed by atoms with van der Waals surface area (Å²) in [6.45, 7) is 3.77. The van der Waals surface area contributed by atoms with E-state index in [9.17, 15) is 14.7 Å². The normalized spacial score (nSPS) is 10.8. The number of imidazole rings is 1. The van der Waals surface area contributed by atoms with Crippen molar-refractivity contribution in [3.63, 3.8) is 0 Å². The fraction of sp³-hybridized carbons (Fsp3) is 0.438. The van der Waals surface area contributed by atoms with Gasteiger partial charge < -0.3 is 19.1 Å². The van der Waals surface area contributed by atoms with Gasteiger partial charge in [0.25, 0.3) is 11.5 Å². The summed E-state index contributed by atoms with van der Waals surface area (Å²) in [7, 11) is 3.48. The van der Waals surface area contributed by atoms with Gasteiger partial charge in [-0.15, -0.1) is 0 Å². The van der Waals surface area contributed by atoms with Crippen molar-refractivity contribution >= 4 is 5.91 Å². The third-order valence-electron chi connectivity index (χ3n) is 3.99. The van der Waals surface area contributed by atoms with Crippen molar-refractivity contribution in [1.82, 2.24) is 19.0 Å². The summed E-state index contributed by atoms with van der Waals surface area (Å²) in [5.41, 5.74) is 1.25. The zero-order valence-electron chi connectivity index (χ0n) is 13.9. The molecule has 0 unspecified atom stereocenters. The average Bonchev–Trinajstić information content (AvgIpc) is 2.89. The second kappa shape index (κ2) is 6.78. The summed E-state index contributed by atoms with van der Waals surface area (Å²) in [4.78, 5) is 30.9. The van der Waals surface area contributed by atoms with Gasteiger partial charge in [0.15, 0.2) is 0 Å². The molecule has 0 saturated carbocycles. The van der Waals surface area contributed by atoms with Crippen LogP contribution in [0.15, 0.2) is 23.3 Å². The lowest BCUT2D eigenvalue weighted by molar-refractivity contribution is 0.0698. The Balaban J connectivity index is 2.41. The van der Waals surface area contributed by atoms with E-state index in [-0.39, 0.29) is 36.7 Å². The number of aromatic nitrogens is 3. The first kappa shape index (κ1) is 17.0. The maximum Gasteiger partial charge on any atom is 0.263 e. The Morgan fingerprint density at radius 2 is 2.04 bits per heavy atom. The lowest BCUT2D eigenvalue weighted by Crippen LogP contribution is -2.39. The van der Waals surface area contributed by atoms with E-state index < -0.39 is 0 Å². The topological polar surface area (TPSA) is 80.4 Å². The first-order valence-electron chi connectivity index (χ1n) is 7.40. The van der Waals surface area contributed by atoms with Crippen molar-refractivity contribution in [3.8, 4) is 0 Å². The lowest BCUT2D eigenvalue weighted by Gasteiger charge is -2.22. The van der Waals surface area contributed by atoms with E-state index in [0.29, 0.717) is 11.4 Å². The second-order valence-electron chi connectivity index (χ2n) is 5.61. The van der Waals surface area contributed by atoms with E-state index in [4.69, 9.17) is 0 Å². The van der Waals surface area contributed by atoms with Gasteiger partial charge in [0.05, 0.1) is 13.2 Å². The average molecular weight is 318 g/mol. The molecule has 0 bridgehead atoms. The van der Waals surface area contributed by atoms with E-state index in [1.807, 2.05) is 20.0 Å². The number of aryl methyl sites for hydroxylation is 3. The molecule has 0 aliphatic carbocycles. The molecular weight excluding hydrogens is 296 g/mol. The number of carbonyl (C=O) groups is 1. The number of carbonyl (C=O) groups excluding carboxylic acids is 1. The minimum atomic E-state index is -0.389. The fourth-order valence-corrected chi connectivity index (χ4v) is 2.49. The Labute approximate surface area is 134 Å². The summed E-state index contributed by atoms with van der Waals surface area (Å²) < 4.78 is 3.26. The zero-order chi connectivity index (χ0) is 17.1. The number of hydrogen-bond donors (Lipinski definition) is 1. The predicted octanol–water partition coefficient (Wildman–Crippen LogP) is 0.370. The van der Waals surface area contributed by atoms with E-state index >= 15 is 0 Å². The molecule has 2 rings (SSSR count). The summed E-state index contributed by atoms with van der Waals surface area (Å²) in [5.74, 6) is 0.300. The maximum absolute atomic E-state index is 12.8. The highest BCUT2D eigenvalue weighted by Gasteiger charge is 2.23. The molecule has 2 heterocycles. The molecule has 0 saturated heterocycles. The number of rotatable bonds is 5. The molecule has 2 aromatic rings. The summed E-state index contributed by atoms with van der Waals surface area (Å²) >= 11 is 0. The Bertz CT molecular complexity index is 776. The van der Waals surface area contributed by atoms with Gasteiger partial charge in [-0.3, -0.25) is 9.59 Å². The van der Waals surface area contributed by atoms with Gasteiger partial charge in [-0.2, -0.15) is 0 Å². The van der Waals surface area contributed by atoms with Gasteiger partial charge in [0, 0.05) is 38.7 Å². The highest BCUT2D eigenvalue weighted by atomic mass is 16.3. The minimum Gasteiger partial charge on any atom is -0.395 e. The number of amides is 1. The first-order valence-corrected chi connectivity index (χ1v) is 7.40. The number of nitrogens with zero attached hydrogens (tertiary/aromatic N) is 4. The quantitative estimate of drug-likeness (QED) is 0.864. The number of hydrogen-bond acceptors (Lipinski definition) is 4. The third kappa shape index (κ3) is 3.34. The van der Waals surface area contributed by atoms with E-state index in [1.54, 1.807) is 30.9 Å². The highest BCUT2D eigenvalue weighted by Crippen LogP contribution is 2.11. The molecule has 7 heteroatoms. The summed E-state index contributed by atoms with van der Waals surface area (Å²) in [6, 6.07) is 1.81. The lowest BCUT2D eigenvalue weighted by atomic mass is 10.1. The standard InChI is InChI=1S/C16H22N4O3/c1-11-9-12(2)19(4)15(22)14(11)16(23)20(7-8-21)10-13-17-5-6-18(13)3/h5-6,9,21H,7-8,10H2,1-4H3. The molecule has 1 amide bonds. The van der Waals surface area contributed by atoms with Gasteiger partial charge in [0.2, 0.25) is 0 Å². The smallest absolute Gasteiger partial charge is 0.263 e. The Morgan fingerprint density at radius 3 is 2.61 bits per heavy atom. The van der Waals surface area contributed by atoms with Crippen molar-refractivity contribution in [1.29, 1.82) is 0 Å².